The Hall–Kier alpha value is -0.870. The number of guanidine groups is 1. The van der Waals surface area contributed by atoms with Crippen molar-refractivity contribution in [2.24, 2.45) is 10.7 Å². The predicted octanol–water partition coefficient (Wildman–Crippen LogP) is 1.29. The van der Waals surface area contributed by atoms with Crippen LogP contribution in [0, 0.1) is 0 Å². The lowest BCUT2D eigenvalue weighted by atomic mass is 10.2. The van der Waals surface area contributed by atoms with Crippen LogP contribution in [-0.4, -0.2) is 39.9 Å². The number of benzene rings is 1. The first-order chi connectivity index (χ1) is 9.95. The third-order valence-electron chi connectivity index (χ3n) is 3.32. The van der Waals surface area contributed by atoms with Gasteiger partial charge in [0, 0.05) is 19.4 Å². The molecule has 124 valence electrons. The van der Waals surface area contributed by atoms with Crippen molar-refractivity contribution in [1.82, 2.24) is 5.32 Å². The van der Waals surface area contributed by atoms with Gasteiger partial charge in [-0.3, -0.25) is 0 Å². The highest BCUT2D eigenvalue weighted by Crippen LogP contribution is 2.11. The van der Waals surface area contributed by atoms with Gasteiger partial charge >= 0.3 is 0 Å². The van der Waals surface area contributed by atoms with Crippen molar-refractivity contribution >= 4 is 39.8 Å². The number of halogens is 1. The van der Waals surface area contributed by atoms with E-state index in [1.165, 1.54) is 6.26 Å². The topological polar surface area (TPSA) is 93.8 Å². The maximum atomic E-state index is 11.4. The third-order valence-corrected chi connectivity index (χ3v) is 4.45. The van der Waals surface area contributed by atoms with Gasteiger partial charge in [0.05, 0.1) is 17.5 Å². The number of ether oxygens (including phenoxy) is 1. The average Bonchev–Trinajstić information content (AvgIpc) is 2.95. The summed E-state index contributed by atoms with van der Waals surface area (Å²) in [6.07, 6.45) is 3.55. The first kappa shape index (κ1) is 19.2. The molecule has 1 aromatic carbocycles. The van der Waals surface area contributed by atoms with Gasteiger partial charge in [0.15, 0.2) is 15.8 Å². The molecule has 1 aromatic rings. The second-order valence-corrected chi connectivity index (χ2v) is 7.15. The van der Waals surface area contributed by atoms with E-state index >= 15 is 0 Å². The molecule has 2 rings (SSSR count). The molecular weight excluding hydrogens is 417 g/mol. The molecule has 1 unspecified atom stereocenters. The molecule has 6 nitrogen and oxygen atoms in total. The normalized spacial score (nSPS) is 18.8. The van der Waals surface area contributed by atoms with Crippen LogP contribution in [0.2, 0.25) is 0 Å². The standard InChI is InChI=1S/C14H21N3O3S.HI/c1-21(18,19)13-6-4-11(5-7-13)9-16-14(15)17-10-12-3-2-8-20-12;/h4-7,12H,2-3,8-10H2,1H3,(H3,15,16,17);1H. The number of hydrogen-bond acceptors (Lipinski definition) is 4. The summed E-state index contributed by atoms with van der Waals surface area (Å²) in [4.78, 5) is 4.53. The lowest BCUT2D eigenvalue weighted by Crippen LogP contribution is -2.37. The summed E-state index contributed by atoms with van der Waals surface area (Å²) in [5, 5.41) is 3.04. The minimum absolute atomic E-state index is 0. The summed E-state index contributed by atoms with van der Waals surface area (Å²) in [5.41, 5.74) is 6.69. The molecule has 0 aromatic heterocycles. The number of nitrogens with two attached hydrogens (primary N) is 1. The Bertz CT molecular complexity index is 596. The molecule has 3 N–H and O–H groups in total. The van der Waals surface area contributed by atoms with Crippen LogP contribution in [0.5, 0.6) is 0 Å². The van der Waals surface area contributed by atoms with Gasteiger partial charge < -0.3 is 15.8 Å². The van der Waals surface area contributed by atoms with Crippen LogP contribution >= 0.6 is 24.0 Å². The number of nitrogens with zero attached hydrogens (tertiary/aromatic N) is 1. The number of aliphatic imine (C=N–C) groups is 1. The molecule has 0 bridgehead atoms. The van der Waals surface area contributed by atoms with Gasteiger partial charge in [-0.25, -0.2) is 13.4 Å². The van der Waals surface area contributed by atoms with Crippen LogP contribution < -0.4 is 11.1 Å². The van der Waals surface area contributed by atoms with E-state index in [0.29, 0.717) is 23.9 Å². The molecule has 0 spiro atoms. The predicted molar refractivity (Wildman–Crippen MR) is 97.3 cm³/mol. The first-order valence-corrected chi connectivity index (χ1v) is 8.78. The maximum absolute atomic E-state index is 11.4. The average molecular weight is 439 g/mol. The van der Waals surface area contributed by atoms with Gasteiger partial charge in [-0.05, 0) is 30.5 Å². The number of sulfone groups is 1. The molecule has 0 amide bonds. The Kier molecular flexibility index (Phi) is 7.57. The molecule has 22 heavy (non-hydrogen) atoms. The van der Waals surface area contributed by atoms with Gasteiger partial charge in [0.2, 0.25) is 0 Å². The second kappa shape index (κ2) is 8.68. The van der Waals surface area contributed by atoms with E-state index in [4.69, 9.17) is 10.5 Å². The zero-order valence-electron chi connectivity index (χ0n) is 12.5. The zero-order valence-corrected chi connectivity index (χ0v) is 15.6. The smallest absolute Gasteiger partial charge is 0.189 e. The summed E-state index contributed by atoms with van der Waals surface area (Å²) >= 11 is 0. The molecule has 0 saturated carbocycles. The fraction of sp³-hybridized carbons (Fsp3) is 0.500. The van der Waals surface area contributed by atoms with Crippen molar-refractivity contribution in [1.29, 1.82) is 0 Å². The Balaban J connectivity index is 0.00000242. The summed E-state index contributed by atoms with van der Waals surface area (Å²) in [6.45, 7) is 1.90. The second-order valence-electron chi connectivity index (χ2n) is 5.13. The van der Waals surface area contributed by atoms with Crippen molar-refractivity contribution in [3.05, 3.63) is 29.8 Å². The first-order valence-electron chi connectivity index (χ1n) is 6.89. The number of hydrogen-bond donors (Lipinski definition) is 2. The zero-order chi connectivity index (χ0) is 15.3. The van der Waals surface area contributed by atoms with Gasteiger partial charge in [0.25, 0.3) is 0 Å². The van der Waals surface area contributed by atoms with E-state index < -0.39 is 9.84 Å². The molecular formula is C14H22IN3O3S. The SMILES string of the molecule is CS(=O)(=O)c1ccc(CN=C(N)NCC2CCCO2)cc1.I. The van der Waals surface area contributed by atoms with Crippen molar-refractivity contribution in [2.75, 3.05) is 19.4 Å². The summed E-state index contributed by atoms with van der Waals surface area (Å²) < 4.78 is 28.2. The minimum atomic E-state index is -3.16. The molecule has 1 aliphatic rings. The Labute approximate surface area is 148 Å². The molecule has 1 fully saturated rings. The van der Waals surface area contributed by atoms with Gasteiger partial charge in [-0.2, -0.15) is 0 Å². The summed E-state index contributed by atoms with van der Waals surface area (Å²) in [5.74, 6) is 0.373. The summed E-state index contributed by atoms with van der Waals surface area (Å²) in [6, 6.07) is 6.65. The molecule has 0 aliphatic carbocycles. The van der Waals surface area contributed by atoms with Crippen molar-refractivity contribution in [3.8, 4) is 0 Å². The lowest BCUT2D eigenvalue weighted by Gasteiger charge is -2.11. The molecule has 1 aliphatic heterocycles. The van der Waals surface area contributed by atoms with E-state index in [1.54, 1.807) is 24.3 Å². The van der Waals surface area contributed by atoms with Crippen molar-refractivity contribution in [3.63, 3.8) is 0 Å². The van der Waals surface area contributed by atoms with Crippen LogP contribution in [0.3, 0.4) is 0 Å². The van der Waals surface area contributed by atoms with Crippen molar-refractivity contribution < 1.29 is 13.2 Å². The molecule has 1 atom stereocenters. The fourth-order valence-electron chi connectivity index (χ4n) is 2.10. The Morgan fingerprint density at radius 1 is 1.41 bits per heavy atom. The maximum Gasteiger partial charge on any atom is 0.189 e. The quantitative estimate of drug-likeness (QED) is 0.410. The minimum Gasteiger partial charge on any atom is -0.376 e. The fourth-order valence-corrected chi connectivity index (χ4v) is 2.73. The Morgan fingerprint density at radius 3 is 2.64 bits per heavy atom. The van der Waals surface area contributed by atoms with E-state index in [9.17, 15) is 8.42 Å². The van der Waals surface area contributed by atoms with E-state index in [-0.39, 0.29) is 30.1 Å². The van der Waals surface area contributed by atoms with Crippen LogP contribution in [0.1, 0.15) is 18.4 Å². The van der Waals surface area contributed by atoms with Gasteiger partial charge in [-0.15, -0.1) is 24.0 Å². The van der Waals surface area contributed by atoms with E-state index in [0.717, 1.165) is 25.0 Å². The van der Waals surface area contributed by atoms with E-state index in [1.807, 2.05) is 0 Å². The highest BCUT2D eigenvalue weighted by Gasteiger charge is 2.14. The van der Waals surface area contributed by atoms with E-state index in [2.05, 4.69) is 10.3 Å². The lowest BCUT2D eigenvalue weighted by molar-refractivity contribution is 0.114. The van der Waals surface area contributed by atoms with Gasteiger partial charge in [-0.1, -0.05) is 12.1 Å². The molecule has 0 radical (unpaired) electrons. The van der Waals surface area contributed by atoms with Crippen LogP contribution in [0.25, 0.3) is 0 Å². The summed E-state index contributed by atoms with van der Waals surface area (Å²) in [7, 11) is -3.16. The largest absolute Gasteiger partial charge is 0.376 e. The molecule has 1 heterocycles. The highest BCUT2D eigenvalue weighted by molar-refractivity contribution is 14.0. The van der Waals surface area contributed by atoms with Gasteiger partial charge in [0.1, 0.15) is 0 Å². The highest BCUT2D eigenvalue weighted by atomic mass is 127. The van der Waals surface area contributed by atoms with Crippen LogP contribution in [0.15, 0.2) is 34.2 Å². The monoisotopic (exact) mass is 439 g/mol. The third kappa shape index (κ3) is 6.09. The van der Waals surface area contributed by atoms with Crippen LogP contribution in [0.4, 0.5) is 0 Å². The molecule has 1 saturated heterocycles. The van der Waals surface area contributed by atoms with Crippen molar-refractivity contribution in [2.45, 2.75) is 30.4 Å². The number of rotatable bonds is 5. The van der Waals surface area contributed by atoms with Crippen LogP contribution in [-0.2, 0) is 21.1 Å². The number of nitrogens with one attached hydrogen (secondary N) is 1. The molecule has 8 heteroatoms. The Morgan fingerprint density at radius 2 is 2.09 bits per heavy atom.